The molecule has 8 heteroatoms. The van der Waals surface area contributed by atoms with Crippen LogP contribution in [0.4, 0.5) is 5.13 Å². The normalized spacial score (nSPS) is 11.0. The first-order valence-corrected chi connectivity index (χ1v) is 9.22. The van der Waals surface area contributed by atoms with Crippen LogP contribution in [0.15, 0.2) is 37.5 Å². The SMILES string of the molecule is CCCSc1nnc(NC(=O)c2cc3cc(Br)ccc3o2)s1. The molecular weight excluding hydrogens is 386 g/mol. The number of carbonyl (C=O) groups is 1. The van der Waals surface area contributed by atoms with Gasteiger partial charge in [0.1, 0.15) is 5.58 Å². The molecule has 3 rings (SSSR count). The second-order valence-electron chi connectivity index (χ2n) is 4.47. The molecule has 0 aliphatic rings. The number of carbonyl (C=O) groups excluding carboxylic acids is 1. The topological polar surface area (TPSA) is 68.0 Å². The van der Waals surface area contributed by atoms with Crippen molar-refractivity contribution in [2.75, 3.05) is 11.1 Å². The van der Waals surface area contributed by atoms with Crippen molar-refractivity contribution in [1.82, 2.24) is 10.2 Å². The summed E-state index contributed by atoms with van der Waals surface area (Å²) < 4.78 is 7.34. The Hall–Kier alpha value is -1.38. The third kappa shape index (κ3) is 3.50. The average Bonchev–Trinajstić information content (AvgIpc) is 3.11. The first-order valence-electron chi connectivity index (χ1n) is 6.62. The number of aromatic nitrogens is 2. The van der Waals surface area contributed by atoms with Crippen LogP contribution >= 0.6 is 39.0 Å². The molecule has 0 atom stereocenters. The van der Waals surface area contributed by atoms with Crippen molar-refractivity contribution in [3.8, 4) is 0 Å². The minimum atomic E-state index is -0.324. The summed E-state index contributed by atoms with van der Waals surface area (Å²) in [6, 6.07) is 7.30. The number of anilines is 1. The van der Waals surface area contributed by atoms with Crippen LogP contribution in [0.3, 0.4) is 0 Å². The molecule has 0 saturated heterocycles. The summed E-state index contributed by atoms with van der Waals surface area (Å²) in [5, 5.41) is 12.1. The first kappa shape index (κ1) is 15.5. The highest BCUT2D eigenvalue weighted by Gasteiger charge is 2.15. The summed E-state index contributed by atoms with van der Waals surface area (Å²) in [6.07, 6.45) is 1.07. The van der Waals surface area contributed by atoms with Crippen LogP contribution in [-0.2, 0) is 0 Å². The van der Waals surface area contributed by atoms with Gasteiger partial charge in [-0.15, -0.1) is 10.2 Å². The van der Waals surface area contributed by atoms with Gasteiger partial charge >= 0.3 is 0 Å². The molecule has 0 radical (unpaired) electrons. The maximum Gasteiger partial charge on any atom is 0.293 e. The van der Waals surface area contributed by atoms with E-state index in [0.29, 0.717) is 10.7 Å². The predicted molar refractivity (Wildman–Crippen MR) is 92.8 cm³/mol. The molecule has 0 saturated carbocycles. The Kier molecular flexibility index (Phi) is 4.80. The summed E-state index contributed by atoms with van der Waals surface area (Å²) in [6.45, 7) is 2.11. The molecule has 1 N–H and O–H groups in total. The zero-order chi connectivity index (χ0) is 15.5. The van der Waals surface area contributed by atoms with E-state index in [-0.39, 0.29) is 11.7 Å². The van der Waals surface area contributed by atoms with Gasteiger partial charge in [-0.25, -0.2) is 0 Å². The molecule has 0 bridgehead atoms. The Morgan fingerprint density at radius 3 is 3.09 bits per heavy atom. The molecule has 1 amide bonds. The van der Waals surface area contributed by atoms with E-state index < -0.39 is 0 Å². The van der Waals surface area contributed by atoms with Gasteiger partial charge in [0.2, 0.25) is 5.13 Å². The van der Waals surface area contributed by atoms with Gasteiger partial charge < -0.3 is 4.42 Å². The van der Waals surface area contributed by atoms with Crippen LogP contribution in [0.2, 0.25) is 0 Å². The Labute approximate surface area is 143 Å². The molecule has 0 aliphatic carbocycles. The fraction of sp³-hybridized carbons (Fsp3) is 0.214. The lowest BCUT2D eigenvalue weighted by atomic mass is 10.2. The van der Waals surface area contributed by atoms with Gasteiger partial charge in [0.15, 0.2) is 10.1 Å². The van der Waals surface area contributed by atoms with E-state index in [2.05, 4.69) is 38.4 Å². The summed E-state index contributed by atoms with van der Waals surface area (Å²) in [7, 11) is 0. The number of fused-ring (bicyclic) bond motifs is 1. The number of hydrogen-bond acceptors (Lipinski definition) is 6. The van der Waals surface area contributed by atoms with E-state index in [1.807, 2.05) is 18.2 Å². The average molecular weight is 398 g/mol. The molecule has 0 fully saturated rings. The Morgan fingerprint density at radius 2 is 2.27 bits per heavy atom. The molecule has 2 heterocycles. The van der Waals surface area contributed by atoms with Crippen molar-refractivity contribution in [1.29, 1.82) is 0 Å². The second kappa shape index (κ2) is 6.80. The van der Waals surface area contributed by atoms with E-state index in [0.717, 1.165) is 26.4 Å². The molecule has 0 unspecified atom stereocenters. The van der Waals surface area contributed by atoms with Crippen molar-refractivity contribution >= 4 is 61.0 Å². The zero-order valence-corrected chi connectivity index (χ0v) is 14.8. The number of amides is 1. The largest absolute Gasteiger partial charge is 0.451 e. The molecule has 1 aromatic carbocycles. The second-order valence-corrected chi connectivity index (χ2v) is 7.70. The number of thioether (sulfide) groups is 1. The maximum atomic E-state index is 12.2. The molecule has 22 heavy (non-hydrogen) atoms. The van der Waals surface area contributed by atoms with Crippen molar-refractivity contribution < 1.29 is 9.21 Å². The van der Waals surface area contributed by atoms with E-state index in [1.54, 1.807) is 17.8 Å². The lowest BCUT2D eigenvalue weighted by Crippen LogP contribution is -2.10. The molecule has 0 spiro atoms. The number of nitrogens with zero attached hydrogens (tertiary/aromatic N) is 2. The van der Waals surface area contributed by atoms with E-state index in [4.69, 9.17) is 4.42 Å². The van der Waals surface area contributed by atoms with Gasteiger partial charge in [-0.05, 0) is 30.7 Å². The fourth-order valence-electron chi connectivity index (χ4n) is 1.79. The van der Waals surface area contributed by atoms with Gasteiger partial charge in [0.25, 0.3) is 5.91 Å². The number of hydrogen-bond donors (Lipinski definition) is 1. The third-order valence-electron chi connectivity index (χ3n) is 2.76. The molecule has 3 aromatic rings. The molecule has 5 nitrogen and oxygen atoms in total. The first-order chi connectivity index (χ1) is 10.7. The van der Waals surface area contributed by atoms with Crippen LogP contribution in [0.25, 0.3) is 11.0 Å². The maximum absolute atomic E-state index is 12.2. The van der Waals surface area contributed by atoms with E-state index in [1.165, 1.54) is 11.3 Å². The smallest absolute Gasteiger partial charge is 0.293 e. The Bertz CT molecular complexity index is 815. The highest BCUT2D eigenvalue weighted by Crippen LogP contribution is 2.27. The van der Waals surface area contributed by atoms with Crippen molar-refractivity contribution in [2.24, 2.45) is 0 Å². The summed E-state index contributed by atoms with van der Waals surface area (Å²) in [5.41, 5.74) is 0.671. The van der Waals surface area contributed by atoms with Gasteiger partial charge in [-0.1, -0.05) is 46.0 Å². The quantitative estimate of drug-likeness (QED) is 0.494. The van der Waals surface area contributed by atoms with Gasteiger partial charge in [-0.3, -0.25) is 10.1 Å². The van der Waals surface area contributed by atoms with Crippen molar-refractivity contribution in [3.05, 3.63) is 34.5 Å². The summed E-state index contributed by atoms with van der Waals surface area (Å²) >= 11 is 6.39. The highest BCUT2D eigenvalue weighted by atomic mass is 79.9. The number of halogens is 1. The minimum absolute atomic E-state index is 0.256. The number of benzene rings is 1. The van der Waals surface area contributed by atoms with Crippen LogP contribution in [0, 0.1) is 0 Å². The number of furan rings is 1. The third-order valence-corrected chi connectivity index (χ3v) is 5.43. The van der Waals surface area contributed by atoms with Crippen LogP contribution < -0.4 is 5.32 Å². The van der Waals surface area contributed by atoms with Gasteiger partial charge in [-0.2, -0.15) is 0 Å². The zero-order valence-electron chi connectivity index (χ0n) is 11.6. The van der Waals surface area contributed by atoms with Gasteiger partial charge in [0.05, 0.1) is 0 Å². The molecule has 2 aromatic heterocycles. The van der Waals surface area contributed by atoms with Crippen LogP contribution in [0.1, 0.15) is 23.9 Å². The predicted octanol–water partition coefficient (Wildman–Crippen LogP) is 4.80. The summed E-state index contributed by atoms with van der Waals surface area (Å²) in [5.74, 6) is 0.919. The Morgan fingerprint density at radius 1 is 1.41 bits per heavy atom. The monoisotopic (exact) mass is 397 g/mol. The number of nitrogens with one attached hydrogen (secondary N) is 1. The van der Waals surface area contributed by atoms with Gasteiger partial charge in [0, 0.05) is 15.6 Å². The lowest BCUT2D eigenvalue weighted by molar-refractivity contribution is 0.0998. The minimum Gasteiger partial charge on any atom is -0.451 e. The van der Waals surface area contributed by atoms with Crippen molar-refractivity contribution in [2.45, 2.75) is 17.7 Å². The Balaban J connectivity index is 1.73. The highest BCUT2D eigenvalue weighted by molar-refractivity contribution is 9.10. The fourth-order valence-corrected chi connectivity index (χ4v) is 3.84. The standard InChI is InChI=1S/C14H12BrN3O2S2/c1-2-5-21-14-18-17-13(22-14)16-12(19)11-7-8-6-9(15)3-4-10(8)20-11/h3-4,6-7H,2,5H2,1H3,(H,16,17,19). The van der Waals surface area contributed by atoms with E-state index >= 15 is 0 Å². The molecule has 0 aliphatic heterocycles. The van der Waals surface area contributed by atoms with Crippen molar-refractivity contribution in [3.63, 3.8) is 0 Å². The molecule has 114 valence electrons. The summed E-state index contributed by atoms with van der Waals surface area (Å²) in [4.78, 5) is 12.2. The van der Waals surface area contributed by atoms with E-state index in [9.17, 15) is 4.79 Å². The lowest BCUT2D eigenvalue weighted by Gasteiger charge is -1.95. The van der Waals surface area contributed by atoms with Crippen LogP contribution in [-0.4, -0.2) is 21.9 Å². The molecular formula is C14H12BrN3O2S2. The number of rotatable bonds is 5. The van der Waals surface area contributed by atoms with Crippen LogP contribution in [0.5, 0.6) is 0 Å².